The van der Waals surface area contributed by atoms with E-state index in [2.05, 4.69) is 48.5 Å². The minimum atomic E-state index is -0.411. The Bertz CT molecular complexity index is 1190. The van der Waals surface area contributed by atoms with Gasteiger partial charge in [-0.25, -0.2) is 0 Å². The highest BCUT2D eigenvalue weighted by atomic mass is 16.5. The fourth-order valence-corrected chi connectivity index (χ4v) is 6.34. The Hall–Kier alpha value is -2.94. The second-order valence-electron chi connectivity index (χ2n) is 13.0. The van der Waals surface area contributed by atoms with Crippen molar-refractivity contribution < 1.29 is 24.2 Å². The molecule has 2 aliphatic rings. The molecular formula is C36H53N3O5. The van der Waals surface area contributed by atoms with E-state index < -0.39 is 6.04 Å². The second-order valence-corrected chi connectivity index (χ2v) is 13.0. The smallest absolute Gasteiger partial charge is 0.258 e. The molecule has 0 unspecified atom stereocenters. The Morgan fingerprint density at radius 2 is 1.77 bits per heavy atom. The van der Waals surface area contributed by atoms with Gasteiger partial charge in [-0.05, 0) is 76.8 Å². The van der Waals surface area contributed by atoms with Gasteiger partial charge in [-0.1, -0.05) is 56.5 Å². The van der Waals surface area contributed by atoms with Gasteiger partial charge >= 0.3 is 0 Å². The molecule has 4 atom stereocenters. The molecule has 0 aromatic heterocycles. The molecule has 44 heavy (non-hydrogen) atoms. The van der Waals surface area contributed by atoms with Crippen molar-refractivity contribution in [3.8, 4) is 5.75 Å². The van der Waals surface area contributed by atoms with Crippen molar-refractivity contribution in [3.63, 3.8) is 0 Å². The number of anilines is 1. The molecule has 0 saturated heterocycles. The molecule has 242 valence electrons. The van der Waals surface area contributed by atoms with Crippen LogP contribution in [0.3, 0.4) is 0 Å². The summed E-state index contributed by atoms with van der Waals surface area (Å²) < 4.78 is 12.8. The molecule has 8 nitrogen and oxygen atoms in total. The number of amides is 2. The van der Waals surface area contributed by atoms with Crippen LogP contribution in [0.25, 0.3) is 0 Å². The predicted octanol–water partition coefficient (Wildman–Crippen LogP) is 6.13. The Morgan fingerprint density at radius 3 is 2.50 bits per heavy atom. The van der Waals surface area contributed by atoms with E-state index in [1.807, 2.05) is 32.0 Å². The van der Waals surface area contributed by atoms with Gasteiger partial charge in [0.1, 0.15) is 5.75 Å². The summed E-state index contributed by atoms with van der Waals surface area (Å²) in [5.74, 6) is 0.317. The SMILES string of the molecule is C[C@@H]1CCCCO[C@H](CN(C)Cc2ccccc2)[C@@H](C)CN([C@@H](C)CO)C(=O)c2cc(NC(=O)C3CCCCC3)ccc2O1. The number of benzene rings is 2. The molecule has 1 heterocycles. The first kappa shape index (κ1) is 33.9. The fourth-order valence-electron chi connectivity index (χ4n) is 6.34. The Labute approximate surface area is 264 Å². The minimum Gasteiger partial charge on any atom is -0.490 e. The number of carbonyl (C=O) groups is 2. The minimum absolute atomic E-state index is 0.00610. The molecule has 1 saturated carbocycles. The maximum Gasteiger partial charge on any atom is 0.258 e. The lowest BCUT2D eigenvalue weighted by Crippen LogP contribution is -2.47. The molecule has 0 bridgehead atoms. The molecule has 1 fully saturated rings. The van der Waals surface area contributed by atoms with Crippen molar-refractivity contribution in [2.75, 3.05) is 38.7 Å². The quantitative estimate of drug-likeness (QED) is 0.375. The third-order valence-corrected chi connectivity index (χ3v) is 9.08. The number of aliphatic hydroxyl groups is 1. The Kier molecular flexibility index (Phi) is 13.1. The number of likely N-dealkylation sites (N-methyl/N-ethyl adjacent to an activating group) is 1. The molecule has 0 spiro atoms. The van der Waals surface area contributed by atoms with Gasteiger partial charge < -0.3 is 24.8 Å². The maximum atomic E-state index is 14.3. The highest BCUT2D eigenvalue weighted by Gasteiger charge is 2.31. The van der Waals surface area contributed by atoms with Crippen LogP contribution in [-0.2, 0) is 16.1 Å². The first-order chi connectivity index (χ1) is 21.2. The van der Waals surface area contributed by atoms with E-state index in [-0.39, 0.29) is 42.5 Å². The van der Waals surface area contributed by atoms with Gasteiger partial charge in [0.15, 0.2) is 0 Å². The number of carbonyl (C=O) groups excluding carboxylic acids is 2. The summed E-state index contributed by atoms with van der Waals surface area (Å²) in [5.41, 5.74) is 2.24. The largest absolute Gasteiger partial charge is 0.490 e. The predicted molar refractivity (Wildman–Crippen MR) is 175 cm³/mol. The average molecular weight is 608 g/mol. The van der Waals surface area contributed by atoms with E-state index in [1.165, 1.54) is 12.0 Å². The summed E-state index contributed by atoms with van der Waals surface area (Å²) in [7, 11) is 2.10. The molecule has 1 aliphatic heterocycles. The summed E-state index contributed by atoms with van der Waals surface area (Å²) in [4.78, 5) is 31.4. The number of nitrogens with one attached hydrogen (secondary N) is 1. The molecule has 2 N–H and O–H groups in total. The van der Waals surface area contributed by atoms with Gasteiger partial charge in [-0.3, -0.25) is 14.5 Å². The van der Waals surface area contributed by atoms with Crippen molar-refractivity contribution in [2.45, 2.75) is 96.9 Å². The van der Waals surface area contributed by atoms with E-state index in [0.717, 1.165) is 58.0 Å². The van der Waals surface area contributed by atoms with Crippen LogP contribution in [0, 0.1) is 11.8 Å². The molecule has 2 amide bonds. The molecule has 8 heteroatoms. The number of fused-ring (bicyclic) bond motifs is 1. The van der Waals surface area contributed by atoms with E-state index in [4.69, 9.17) is 9.47 Å². The summed E-state index contributed by atoms with van der Waals surface area (Å²) in [6.45, 7) is 8.43. The topological polar surface area (TPSA) is 91.3 Å². The number of nitrogens with zero attached hydrogens (tertiary/aromatic N) is 2. The van der Waals surface area contributed by atoms with Crippen LogP contribution < -0.4 is 10.1 Å². The number of hydrogen-bond donors (Lipinski definition) is 2. The van der Waals surface area contributed by atoms with Crippen LogP contribution in [0.15, 0.2) is 48.5 Å². The number of rotatable bonds is 8. The lowest BCUT2D eigenvalue weighted by atomic mass is 9.88. The standard InChI is InChI=1S/C36H53N3O5/c1-26-22-39(27(2)25-40)36(42)32-21-31(37-35(41)30-16-9-6-10-17-30)18-19-33(32)44-28(3)13-11-12-20-43-34(26)24-38(4)23-29-14-7-5-8-15-29/h5,7-8,14-15,18-19,21,26-28,30,34,40H,6,9-13,16-17,20,22-25H2,1-4H3,(H,37,41)/t26-,27-,28+,34+/m0/s1. The van der Waals surface area contributed by atoms with E-state index in [0.29, 0.717) is 30.2 Å². The third-order valence-electron chi connectivity index (χ3n) is 9.08. The normalized spacial score (nSPS) is 23.4. The van der Waals surface area contributed by atoms with E-state index >= 15 is 0 Å². The van der Waals surface area contributed by atoms with Crippen LogP contribution in [-0.4, -0.2) is 78.3 Å². The summed E-state index contributed by atoms with van der Waals surface area (Å²) in [6, 6.07) is 15.4. The zero-order chi connectivity index (χ0) is 31.5. The number of hydrogen-bond acceptors (Lipinski definition) is 6. The van der Waals surface area contributed by atoms with Gasteiger partial charge in [0.25, 0.3) is 5.91 Å². The van der Waals surface area contributed by atoms with E-state index in [1.54, 1.807) is 11.0 Å². The first-order valence-corrected chi connectivity index (χ1v) is 16.6. The van der Waals surface area contributed by atoms with Crippen molar-refractivity contribution in [3.05, 3.63) is 59.7 Å². The fraction of sp³-hybridized carbons (Fsp3) is 0.611. The molecule has 4 rings (SSSR count). The van der Waals surface area contributed by atoms with Crippen LogP contribution >= 0.6 is 0 Å². The lowest BCUT2D eigenvalue weighted by Gasteiger charge is -2.36. The third kappa shape index (κ3) is 9.78. The zero-order valence-corrected chi connectivity index (χ0v) is 27.2. The lowest BCUT2D eigenvalue weighted by molar-refractivity contribution is -0.120. The van der Waals surface area contributed by atoms with Crippen LogP contribution in [0.4, 0.5) is 5.69 Å². The van der Waals surface area contributed by atoms with Crippen LogP contribution in [0.5, 0.6) is 5.75 Å². The second kappa shape index (κ2) is 16.9. The van der Waals surface area contributed by atoms with Gasteiger partial charge in [0, 0.05) is 43.8 Å². The summed E-state index contributed by atoms with van der Waals surface area (Å²) in [6.07, 6.45) is 7.66. The molecule has 2 aromatic carbocycles. The van der Waals surface area contributed by atoms with Crippen molar-refractivity contribution >= 4 is 17.5 Å². The van der Waals surface area contributed by atoms with Crippen molar-refractivity contribution in [1.82, 2.24) is 9.80 Å². The van der Waals surface area contributed by atoms with Crippen LogP contribution in [0.2, 0.25) is 0 Å². The van der Waals surface area contributed by atoms with Gasteiger partial charge in [0.2, 0.25) is 5.91 Å². The summed E-state index contributed by atoms with van der Waals surface area (Å²) >= 11 is 0. The van der Waals surface area contributed by atoms with Gasteiger partial charge in [0.05, 0.1) is 30.4 Å². The van der Waals surface area contributed by atoms with Gasteiger partial charge in [-0.15, -0.1) is 0 Å². The van der Waals surface area contributed by atoms with Crippen molar-refractivity contribution in [2.24, 2.45) is 11.8 Å². The van der Waals surface area contributed by atoms with Gasteiger partial charge in [-0.2, -0.15) is 0 Å². The monoisotopic (exact) mass is 607 g/mol. The first-order valence-electron chi connectivity index (χ1n) is 16.6. The highest BCUT2D eigenvalue weighted by Crippen LogP contribution is 2.30. The highest BCUT2D eigenvalue weighted by molar-refractivity contribution is 6.00. The molecule has 0 radical (unpaired) electrons. The summed E-state index contributed by atoms with van der Waals surface area (Å²) in [5, 5.41) is 13.3. The Morgan fingerprint density at radius 1 is 1.05 bits per heavy atom. The molecule has 2 aromatic rings. The zero-order valence-electron chi connectivity index (χ0n) is 27.2. The number of aliphatic hydroxyl groups excluding tert-OH is 1. The maximum absolute atomic E-state index is 14.3. The van der Waals surface area contributed by atoms with Crippen molar-refractivity contribution in [1.29, 1.82) is 0 Å². The average Bonchev–Trinajstić information content (AvgIpc) is 3.03. The Balaban J connectivity index is 1.59. The number of ether oxygens (including phenoxy) is 2. The van der Waals surface area contributed by atoms with Crippen LogP contribution in [0.1, 0.15) is 88.1 Å². The molecular weight excluding hydrogens is 554 g/mol. The van der Waals surface area contributed by atoms with E-state index in [9.17, 15) is 14.7 Å². The molecule has 1 aliphatic carbocycles.